The van der Waals surface area contributed by atoms with Crippen molar-refractivity contribution in [2.75, 3.05) is 6.61 Å². The highest BCUT2D eigenvalue weighted by molar-refractivity contribution is 7.18. The van der Waals surface area contributed by atoms with Crippen molar-refractivity contribution in [2.45, 2.75) is 13.3 Å². The smallest absolute Gasteiger partial charge is 0.312 e. The van der Waals surface area contributed by atoms with Crippen LogP contribution in [0.1, 0.15) is 11.9 Å². The van der Waals surface area contributed by atoms with Crippen LogP contribution in [0, 0.1) is 0 Å². The number of nitrogens with zero attached hydrogens (tertiary/aromatic N) is 1. The van der Waals surface area contributed by atoms with Crippen LogP contribution in [0.25, 0.3) is 10.2 Å². The quantitative estimate of drug-likeness (QED) is 0.792. The van der Waals surface area contributed by atoms with Crippen molar-refractivity contribution in [1.82, 2.24) is 4.98 Å². The van der Waals surface area contributed by atoms with E-state index in [1.54, 1.807) is 13.0 Å². The fourth-order valence-corrected chi connectivity index (χ4v) is 2.59. The third-order valence-electron chi connectivity index (χ3n) is 2.00. The van der Waals surface area contributed by atoms with E-state index in [0.29, 0.717) is 11.6 Å². The van der Waals surface area contributed by atoms with Gasteiger partial charge in [-0.25, -0.2) is 4.98 Å². The standard InChI is InChI=1S/C11H10ClNO2S/c1-2-15-11(14)6-10-13-8-4-3-7(12)5-9(8)16-10/h3-5H,2,6H2,1H3. The number of thiazole rings is 1. The first-order chi connectivity index (χ1) is 7.69. The third kappa shape index (κ3) is 2.51. The Balaban J connectivity index is 2.23. The normalized spacial score (nSPS) is 10.6. The molecule has 0 spiro atoms. The number of esters is 1. The van der Waals surface area contributed by atoms with Gasteiger partial charge in [0.1, 0.15) is 5.01 Å². The lowest BCUT2D eigenvalue weighted by Gasteiger charge is -1.97. The zero-order valence-electron chi connectivity index (χ0n) is 8.70. The second-order valence-corrected chi connectivity index (χ2v) is 4.75. The SMILES string of the molecule is CCOC(=O)Cc1nc2ccc(Cl)cc2s1. The Hall–Kier alpha value is -1.13. The summed E-state index contributed by atoms with van der Waals surface area (Å²) in [5.41, 5.74) is 0.869. The second-order valence-electron chi connectivity index (χ2n) is 3.20. The fourth-order valence-electron chi connectivity index (χ4n) is 1.36. The molecule has 0 amide bonds. The first kappa shape index (κ1) is 11.4. The molecule has 0 atom stereocenters. The summed E-state index contributed by atoms with van der Waals surface area (Å²) < 4.78 is 5.86. The highest BCUT2D eigenvalue weighted by Crippen LogP contribution is 2.25. The molecule has 5 heteroatoms. The van der Waals surface area contributed by atoms with Crippen molar-refractivity contribution in [3.63, 3.8) is 0 Å². The molecule has 3 nitrogen and oxygen atoms in total. The van der Waals surface area contributed by atoms with Crippen molar-refractivity contribution in [3.05, 3.63) is 28.2 Å². The molecule has 0 unspecified atom stereocenters. The molecule has 1 aromatic heterocycles. The zero-order chi connectivity index (χ0) is 11.5. The van der Waals surface area contributed by atoms with E-state index in [-0.39, 0.29) is 12.4 Å². The maximum Gasteiger partial charge on any atom is 0.312 e. The number of hydrogen-bond acceptors (Lipinski definition) is 4. The molecular formula is C11H10ClNO2S. The topological polar surface area (TPSA) is 39.2 Å². The van der Waals surface area contributed by atoms with Gasteiger partial charge in [-0.15, -0.1) is 11.3 Å². The van der Waals surface area contributed by atoms with Crippen LogP contribution in [0.15, 0.2) is 18.2 Å². The molecule has 0 saturated heterocycles. The lowest BCUT2D eigenvalue weighted by atomic mass is 10.3. The number of benzene rings is 1. The largest absolute Gasteiger partial charge is 0.466 e. The van der Waals surface area contributed by atoms with Crippen LogP contribution < -0.4 is 0 Å². The summed E-state index contributed by atoms with van der Waals surface area (Å²) in [5, 5.41) is 1.44. The number of halogens is 1. The van der Waals surface area contributed by atoms with Gasteiger partial charge in [0.2, 0.25) is 0 Å². The van der Waals surface area contributed by atoms with Crippen LogP contribution in [0.5, 0.6) is 0 Å². The molecule has 1 heterocycles. The minimum Gasteiger partial charge on any atom is -0.466 e. The maximum atomic E-state index is 11.3. The van der Waals surface area contributed by atoms with Gasteiger partial charge in [-0.1, -0.05) is 11.6 Å². The molecule has 2 rings (SSSR count). The Labute approximate surface area is 102 Å². The van der Waals surface area contributed by atoms with Crippen molar-refractivity contribution in [2.24, 2.45) is 0 Å². The lowest BCUT2D eigenvalue weighted by molar-refractivity contribution is -0.142. The highest BCUT2D eigenvalue weighted by Gasteiger charge is 2.09. The number of aromatic nitrogens is 1. The second kappa shape index (κ2) is 4.80. The Morgan fingerprint density at radius 1 is 1.56 bits per heavy atom. The van der Waals surface area contributed by atoms with Crippen molar-refractivity contribution in [1.29, 1.82) is 0 Å². The predicted molar refractivity (Wildman–Crippen MR) is 65.0 cm³/mol. The van der Waals surface area contributed by atoms with Gasteiger partial charge in [-0.3, -0.25) is 4.79 Å². The molecule has 0 bridgehead atoms. The van der Waals surface area contributed by atoms with Crippen LogP contribution in [-0.2, 0) is 16.0 Å². The van der Waals surface area contributed by atoms with E-state index in [4.69, 9.17) is 16.3 Å². The molecular weight excluding hydrogens is 246 g/mol. The molecule has 0 N–H and O–H groups in total. The minimum absolute atomic E-state index is 0.227. The number of ether oxygens (including phenoxy) is 1. The summed E-state index contributed by atoms with van der Waals surface area (Å²) in [6.45, 7) is 2.19. The van der Waals surface area contributed by atoms with E-state index in [9.17, 15) is 4.79 Å². The molecule has 0 aliphatic rings. The lowest BCUT2D eigenvalue weighted by Crippen LogP contribution is -2.06. The number of carbonyl (C=O) groups is 1. The van der Waals surface area contributed by atoms with Crippen LogP contribution in [0.3, 0.4) is 0 Å². The Bertz CT molecular complexity index is 524. The van der Waals surface area contributed by atoms with Gasteiger partial charge in [0, 0.05) is 5.02 Å². The number of hydrogen-bond donors (Lipinski definition) is 0. The predicted octanol–water partition coefficient (Wildman–Crippen LogP) is 3.06. The molecule has 2 aromatic rings. The van der Waals surface area contributed by atoms with Crippen LogP contribution in [0.2, 0.25) is 5.02 Å². The molecule has 0 saturated carbocycles. The number of rotatable bonds is 3. The Morgan fingerprint density at radius 3 is 3.12 bits per heavy atom. The van der Waals surface area contributed by atoms with Crippen molar-refractivity contribution >= 4 is 39.1 Å². The number of carbonyl (C=O) groups excluding carboxylic acids is 1. The van der Waals surface area contributed by atoms with E-state index >= 15 is 0 Å². The van der Waals surface area contributed by atoms with Crippen molar-refractivity contribution < 1.29 is 9.53 Å². The van der Waals surface area contributed by atoms with Crippen molar-refractivity contribution in [3.8, 4) is 0 Å². The summed E-state index contributed by atoms with van der Waals surface area (Å²) in [6.07, 6.45) is 0.227. The van der Waals surface area contributed by atoms with E-state index < -0.39 is 0 Å². The molecule has 16 heavy (non-hydrogen) atoms. The summed E-state index contributed by atoms with van der Waals surface area (Å²) in [7, 11) is 0. The highest BCUT2D eigenvalue weighted by atomic mass is 35.5. The first-order valence-corrected chi connectivity index (χ1v) is 6.09. The van der Waals surface area contributed by atoms with E-state index in [1.807, 2.05) is 12.1 Å². The Morgan fingerprint density at radius 2 is 2.38 bits per heavy atom. The van der Waals surface area contributed by atoms with Crippen LogP contribution in [-0.4, -0.2) is 17.6 Å². The first-order valence-electron chi connectivity index (χ1n) is 4.89. The van der Waals surface area contributed by atoms with Gasteiger partial charge < -0.3 is 4.74 Å². The van der Waals surface area contributed by atoms with Gasteiger partial charge in [0.05, 0.1) is 23.2 Å². The summed E-state index contributed by atoms with van der Waals surface area (Å²) in [4.78, 5) is 15.6. The van der Waals surface area contributed by atoms with Gasteiger partial charge in [0.15, 0.2) is 0 Å². The van der Waals surface area contributed by atoms with Crippen LogP contribution >= 0.6 is 22.9 Å². The molecule has 0 fully saturated rings. The molecule has 0 radical (unpaired) electrons. The minimum atomic E-state index is -0.243. The monoisotopic (exact) mass is 255 g/mol. The van der Waals surface area contributed by atoms with Gasteiger partial charge in [-0.05, 0) is 25.1 Å². The average molecular weight is 256 g/mol. The van der Waals surface area contributed by atoms with Gasteiger partial charge in [0.25, 0.3) is 0 Å². The van der Waals surface area contributed by atoms with Crippen LogP contribution in [0.4, 0.5) is 0 Å². The summed E-state index contributed by atoms with van der Waals surface area (Å²) >= 11 is 7.34. The van der Waals surface area contributed by atoms with E-state index in [0.717, 1.165) is 15.2 Å². The zero-order valence-corrected chi connectivity index (χ0v) is 10.3. The maximum absolute atomic E-state index is 11.3. The Kier molecular flexibility index (Phi) is 3.41. The molecule has 0 aliphatic heterocycles. The number of fused-ring (bicyclic) bond motifs is 1. The third-order valence-corrected chi connectivity index (χ3v) is 3.25. The molecule has 1 aromatic carbocycles. The van der Waals surface area contributed by atoms with E-state index in [2.05, 4.69) is 4.98 Å². The fraction of sp³-hybridized carbons (Fsp3) is 0.273. The van der Waals surface area contributed by atoms with E-state index in [1.165, 1.54) is 11.3 Å². The summed E-state index contributed by atoms with van der Waals surface area (Å²) in [5.74, 6) is -0.243. The molecule has 84 valence electrons. The summed E-state index contributed by atoms with van der Waals surface area (Å²) in [6, 6.07) is 5.49. The average Bonchev–Trinajstić information content (AvgIpc) is 2.59. The van der Waals surface area contributed by atoms with Gasteiger partial charge in [-0.2, -0.15) is 0 Å². The molecule has 0 aliphatic carbocycles. The van der Waals surface area contributed by atoms with Gasteiger partial charge >= 0.3 is 5.97 Å².